The molecular weight excluding hydrogens is 198 g/mol. The summed E-state index contributed by atoms with van der Waals surface area (Å²) in [6.45, 7) is 1.89. The van der Waals surface area contributed by atoms with E-state index in [0.717, 1.165) is 6.42 Å². The Labute approximate surface area is 88.3 Å². The van der Waals surface area contributed by atoms with Crippen LogP contribution in [0.2, 0.25) is 0 Å². The lowest BCUT2D eigenvalue weighted by Gasteiger charge is -2.25. The van der Waals surface area contributed by atoms with Crippen LogP contribution in [0.5, 0.6) is 0 Å². The Balaban J connectivity index is 2.89. The summed E-state index contributed by atoms with van der Waals surface area (Å²) in [5.74, 6) is -2.01. The van der Waals surface area contributed by atoms with E-state index in [1.54, 1.807) is 0 Å². The third-order valence-electron chi connectivity index (χ3n) is 3.31. The minimum atomic E-state index is -1.35. The lowest BCUT2D eigenvalue weighted by atomic mass is 9.80. The van der Waals surface area contributed by atoms with Crippen molar-refractivity contribution in [2.24, 2.45) is 11.1 Å². The van der Waals surface area contributed by atoms with Gasteiger partial charge in [0.2, 0.25) is 0 Å². The van der Waals surface area contributed by atoms with Gasteiger partial charge in [-0.3, -0.25) is 9.59 Å². The second-order valence-electron chi connectivity index (χ2n) is 4.47. The van der Waals surface area contributed by atoms with Gasteiger partial charge in [0.05, 0.1) is 5.41 Å². The van der Waals surface area contributed by atoms with Crippen LogP contribution in [-0.2, 0) is 9.59 Å². The number of carboxylic acid groups (broad SMARTS) is 2. The van der Waals surface area contributed by atoms with Crippen molar-refractivity contribution in [2.45, 2.75) is 44.6 Å². The zero-order valence-electron chi connectivity index (χ0n) is 8.82. The Hall–Kier alpha value is -1.10. The van der Waals surface area contributed by atoms with Crippen LogP contribution in [0.1, 0.15) is 39.0 Å². The Morgan fingerprint density at radius 1 is 1.27 bits per heavy atom. The molecular formula is C10H17NO4. The van der Waals surface area contributed by atoms with Crippen molar-refractivity contribution in [2.75, 3.05) is 0 Å². The van der Waals surface area contributed by atoms with Crippen LogP contribution in [0.3, 0.4) is 0 Å². The monoisotopic (exact) mass is 215 g/mol. The van der Waals surface area contributed by atoms with Crippen LogP contribution in [-0.4, -0.2) is 27.7 Å². The second kappa shape index (κ2) is 3.81. The minimum absolute atomic E-state index is 0.0402. The summed E-state index contributed by atoms with van der Waals surface area (Å²) in [6, 6.07) is 0. The molecule has 0 aromatic carbocycles. The number of carbonyl (C=O) groups is 2. The maximum atomic E-state index is 11.2. The molecule has 0 radical (unpaired) electrons. The van der Waals surface area contributed by atoms with Crippen molar-refractivity contribution in [1.82, 2.24) is 0 Å². The highest BCUT2D eigenvalue weighted by Crippen LogP contribution is 2.46. The van der Waals surface area contributed by atoms with Gasteiger partial charge in [-0.1, -0.05) is 13.3 Å². The molecule has 1 rings (SSSR count). The maximum absolute atomic E-state index is 11.2. The summed E-state index contributed by atoms with van der Waals surface area (Å²) in [5, 5.41) is 18.1. The number of hydrogen-bond acceptors (Lipinski definition) is 3. The molecule has 0 heterocycles. The van der Waals surface area contributed by atoms with Gasteiger partial charge >= 0.3 is 11.9 Å². The van der Waals surface area contributed by atoms with Crippen LogP contribution >= 0.6 is 0 Å². The van der Waals surface area contributed by atoms with Gasteiger partial charge in [-0.2, -0.15) is 0 Å². The predicted molar refractivity (Wildman–Crippen MR) is 53.4 cm³/mol. The number of hydrogen-bond donors (Lipinski definition) is 3. The number of rotatable bonds is 4. The third-order valence-corrected chi connectivity index (χ3v) is 3.31. The van der Waals surface area contributed by atoms with Crippen LogP contribution in [0.25, 0.3) is 0 Å². The van der Waals surface area contributed by atoms with E-state index in [1.165, 1.54) is 0 Å². The predicted octanol–water partition coefficient (Wildman–Crippen LogP) is 0.823. The van der Waals surface area contributed by atoms with Gasteiger partial charge < -0.3 is 15.9 Å². The molecule has 0 saturated heterocycles. The van der Waals surface area contributed by atoms with Crippen molar-refractivity contribution >= 4 is 11.9 Å². The molecule has 0 aliphatic heterocycles. The molecule has 0 aromatic rings. The molecule has 15 heavy (non-hydrogen) atoms. The molecule has 5 nitrogen and oxygen atoms in total. The topological polar surface area (TPSA) is 101 Å². The van der Waals surface area contributed by atoms with Crippen molar-refractivity contribution in [1.29, 1.82) is 0 Å². The van der Waals surface area contributed by atoms with E-state index in [9.17, 15) is 9.59 Å². The van der Waals surface area contributed by atoms with Crippen molar-refractivity contribution in [3.8, 4) is 0 Å². The fraction of sp³-hybridized carbons (Fsp3) is 0.800. The molecule has 0 bridgehead atoms. The largest absolute Gasteiger partial charge is 0.481 e. The number of nitrogens with two attached hydrogens (primary N) is 1. The smallest absolute Gasteiger partial charge is 0.323 e. The first-order valence-corrected chi connectivity index (χ1v) is 5.12. The quantitative estimate of drug-likeness (QED) is 0.644. The molecule has 0 aromatic heterocycles. The van der Waals surface area contributed by atoms with E-state index < -0.39 is 22.9 Å². The standard InChI is InChI=1S/C10H17NO4/c1-2-3-9(7(12)13)4-5-10(11,6-9)8(14)15/h2-6,11H2,1H3,(H,12,13)(H,14,15)/t9-,10+/m0/s1. The molecule has 1 aliphatic rings. The highest BCUT2D eigenvalue weighted by Gasteiger charge is 2.53. The van der Waals surface area contributed by atoms with Crippen LogP contribution < -0.4 is 5.73 Å². The van der Waals surface area contributed by atoms with Crippen LogP contribution in [0.4, 0.5) is 0 Å². The molecule has 4 N–H and O–H groups in total. The minimum Gasteiger partial charge on any atom is -0.481 e. The zero-order valence-corrected chi connectivity index (χ0v) is 8.82. The summed E-state index contributed by atoms with van der Waals surface area (Å²) < 4.78 is 0. The van der Waals surface area contributed by atoms with E-state index in [4.69, 9.17) is 15.9 Å². The lowest BCUT2D eigenvalue weighted by Crippen LogP contribution is -2.47. The second-order valence-corrected chi connectivity index (χ2v) is 4.47. The van der Waals surface area contributed by atoms with Gasteiger partial charge in [0.1, 0.15) is 5.54 Å². The van der Waals surface area contributed by atoms with Crippen molar-refractivity contribution < 1.29 is 19.8 Å². The number of aliphatic carboxylic acids is 2. The lowest BCUT2D eigenvalue weighted by molar-refractivity contribution is -0.150. The van der Waals surface area contributed by atoms with Crippen molar-refractivity contribution in [3.05, 3.63) is 0 Å². The van der Waals surface area contributed by atoms with E-state index in [1.807, 2.05) is 6.92 Å². The first kappa shape index (κ1) is 12.0. The normalized spacial score (nSPS) is 35.3. The summed E-state index contributed by atoms with van der Waals surface area (Å²) >= 11 is 0. The first-order valence-electron chi connectivity index (χ1n) is 5.12. The van der Waals surface area contributed by atoms with E-state index in [-0.39, 0.29) is 12.8 Å². The van der Waals surface area contributed by atoms with Crippen LogP contribution in [0.15, 0.2) is 0 Å². The fourth-order valence-corrected chi connectivity index (χ4v) is 2.41. The van der Waals surface area contributed by atoms with Crippen LogP contribution in [0, 0.1) is 5.41 Å². The van der Waals surface area contributed by atoms with Crippen molar-refractivity contribution in [3.63, 3.8) is 0 Å². The molecule has 0 spiro atoms. The average Bonchev–Trinajstić information content (AvgIpc) is 2.47. The van der Waals surface area contributed by atoms with Gasteiger partial charge in [0, 0.05) is 0 Å². The van der Waals surface area contributed by atoms with E-state index in [0.29, 0.717) is 12.8 Å². The zero-order chi connectivity index (χ0) is 11.7. The Morgan fingerprint density at radius 3 is 2.20 bits per heavy atom. The molecule has 86 valence electrons. The number of carboxylic acids is 2. The highest BCUT2D eigenvalue weighted by atomic mass is 16.4. The SMILES string of the molecule is CCC[C@]1(C(=O)O)CC[C@](N)(C(=O)O)C1. The summed E-state index contributed by atoms with van der Waals surface area (Å²) in [6.07, 6.45) is 1.86. The molecule has 2 atom stereocenters. The molecule has 1 saturated carbocycles. The summed E-state index contributed by atoms with van der Waals surface area (Å²) in [7, 11) is 0. The van der Waals surface area contributed by atoms with E-state index >= 15 is 0 Å². The average molecular weight is 215 g/mol. The molecule has 0 amide bonds. The maximum Gasteiger partial charge on any atom is 0.323 e. The van der Waals surface area contributed by atoms with Gasteiger partial charge in [0.25, 0.3) is 0 Å². The fourth-order valence-electron chi connectivity index (χ4n) is 2.41. The highest BCUT2D eigenvalue weighted by molar-refractivity contribution is 5.83. The summed E-state index contributed by atoms with van der Waals surface area (Å²) in [5.41, 5.74) is 3.40. The van der Waals surface area contributed by atoms with Gasteiger partial charge in [-0.05, 0) is 25.7 Å². The van der Waals surface area contributed by atoms with Gasteiger partial charge in [-0.15, -0.1) is 0 Å². The Morgan fingerprint density at radius 2 is 1.87 bits per heavy atom. The first-order chi connectivity index (χ1) is 6.86. The third kappa shape index (κ3) is 1.97. The molecule has 1 fully saturated rings. The molecule has 5 heteroatoms. The summed E-state index contributed by atoms with van der Waals surface area (Å²) in [4.78, 5) is 22.1. The van der Waals surface area contributed by atoms with Gasteiger partial charge in [0.15, 0.2) is 0 Å². The van der Waals surface area contributed by atoms with E-state index in [2.05, 4.69) is 0 Å². The molecule has 1 aliphatic carbocycles. The Bertz CT molecular complexity index is 291. The Kier molecular flexibility index (Phi) is 3.04. The van der Waals surface area contributed by atoms with Gasteiger partial charge in [-0.25, -0.2) is 0 Å². The molecule has 0 unspecified atom stereocenters.